The number of ether oxygens (including phenoxy) is 1. The van der Waals surface area contributed by atoms with Crippen LogP contribution < -0.4 is 10.6 Å². The molecule has 0 aliphatic carbocycles. The van der Waals surface area contributed by atoms with Crippen LogP contribution in [0.15, 0.2) is 24.3 Å². The van der Waals surface area contributed by atoms with E-state index in [0.29, 0.717) is 13.2 Å². The molecule has 1 saturated heterocycles. The van der Waals surface area contributed by atoms with Crippen molar-refractivity contribution < 1.29 is 13.9 Å². The lowest BCUT2D eigenvalue weighted by atomic mass is 9.96. The van der Waals surface area contributed by atoms with Crippen LogP contribution in [0.25, 0.3) is 0 Å². The fourth-order valence-electron chi connectivity index (χ4n) is 2.48. The highest BCUT2D eigenvalue weighted by Gasteiger charge is 2.29. The van der Waals surface area contributed by atoms with E-state index in [-0.39, 0.29) is 23.7 Å². The quantitative estimate of drug-likeness (QED) is 0.775. The van der Waals surface area contributed by atoms with Crippen molar-refractivity contribution in [3.8, 4) is 0 Å². The fourth-order valence-corrected chi connectivity index (χ4v) is 2.48. The number of carbonyl (C=O) groups excluding carboxylic acids is 1. The van der Waals surface area contributed by atoms with E-state index in [1.807, 2.05) is 0 Å². The first-order valence-corrected chi connectivity index (χ1v) is 6.96. The van der Waals surface area contributed by atoms with Crippen LogP contribution in [0, 0.1) is 5.82 Å². The van der Waals surface area contributed by atoms with Gasteiger partial charge in [0.1, 0.15) is 5.82 Å². The van der Waals surface area contributed by atoms with Gasteiger partial charge in [-0.25, -0.2) is 4.39 Å². The summed E-state index contributed by atoms with van der Waals surface area (Å²) >= 11 is 0. The van der Waals surface area contributed by atoms with E-state index in [4.69, 9.17) is 4.74 Å². The van der Waals surface area contributed by atoms with Gasteiger partial charge < -0.3 is 15.4 Å². The third-order valence-electron chi connectivity index (χ3n) is 3.61. The molecule has 0 bridgehead atoms. The number of hydrogen-bond acceptors (Lipinski definition) is 3. The van der Waals surface area contributed by atoms with E-state index in [2.05, 4.69) is 10.6 Å². The third kappa shape index (κ3) is 4.02. The maximum atomic E-state index is 12.9. The van der Waals surface area contributed by atoms with E-state index in [1.165, 1.54) is 12.1 Å². The number of benzene rings is 1. The van der Waals surface area contributed by atoms with Crippen molar-refractivity contribution in [3.63, 3.8) is 0 Å². The Morgan fingerprint density at radius 3 is 2.90 bits per heavy atom. The molecule has 1 aromatic rings. The number of methoxy groups -OCH3 is 1. The lowest BCUT2D eigenvalue weighted by molar-refractivity contribution is -0.122. The van der Waals surface area contributed by atoms with Gasteiger partial charge in [-0.2, -0.15) is 0 Å². The Balaban J connectivity index is 1.79. The second kappa shape index (κ2) is 7.36. The SMILES string of the molecule is COCCCNC(=O)C1CC(c2ccc(F)cc2)CN1. The van der Waals surface area contributed by atoms with Crippen molar-refractivity contribution >= 4 is 5.91 Å². The molecule has 0 aromatic heterocycles. The van der Waals surface area contributed by atoms with Gasteiger partial charge in [0.2, 0.25) is 5.91 Å². The first kappa shape index (κ1) is 14.9. The summed E-state index contributed by atoms with van der Waals surface area (Å²) in [5, 5.41) is 6.12. The first-order valence-electron chi connectivity index (χ1n) is 6.96. The van der Waals surface area contributed by atoms with Gasteiger partial charge in [-0.1, -0.05) is 12.1 Å². The Bertz CT molecular complexity index is 436. The van der Waals surface area contributed by atoms with Crippen LogP contribution in [0.4, 0.5) is 4.39 Å². The van der Waals surface area contributed by atoms with Crippen LogP contribution in [0.1, 0.15) is 24.3 Å². The van der Waals surface area contributed by atoms with Crippen LogP contribution in [-0.4, -0.2) is 38.8 Å². The summed E-state index contributed by atoms with van der Waals surface area (Å²) in [6.07, 6.45) is 1.57. The molecule has 1 heterocycles. The predicted molar refractivity (Wildman–Crippen MR) is 75.1 cm³/mol. The van der Waals surface area contributed by atoms with Gasteiger partial charge in [-0.15, -0.1) is 0 Å². The third-order valence-corrected chi connectivity index (χ3v) is 3.61. The number of rotatable bonds is 6. The molecule has 1 aromatic carbocycles. The smallest absolute Gasteiger partial charge is 0.237 e. The molecule has 1 amide bonds. The molecule has 20 heavy (non-hydrogen) atoms. The number of amides is 1. The number of hydrogen-bond donors (Lipinski definition) is 2. The van der Waals surface area contributed by atoms with Crippen LogP contribution in [-0.2, 0) is 9.53 Å². The van der Waals surface area contributed by atoms with Gasteiger partial charge in [-0.3, -0.25) is 4.79 Å². The lowest BCUT2D eigenvalue weighted by Gasteiger charge is -2.11. The van der Waals surface area contributed by atoms with E-state index < -0.39 is 0 Å². The van der Waals surface area contributed by atoms with Gasteiger partial charge in [-0.05, 0) is 36.5 Å². The van der Waals surface area contributed by atoms with E-state index >= 15 is 0 Å². The van der Waals surface area contributed by atoms with E-state index in [9.17, 15) is 9.18 Å². The summed E-state index contributed by atoms with van der Waals surface area (Å²) in [5.74, 6) is 0.0724. The zero-order valence-electron chi connectivity index (χ0n) is 11.7. The molecule has 4 nitrogen and oxygen atoms in total. The molecular weight excluding hydrogens is 259 g/mol. The maximum absolute atomic E-state index is 12.9. The number of halogens is 1. The van der Waals surface area contributed by atoms with Crippen LogP contribution in [0.2, 0.25) is 0 Å². The number of carbonyl (C=O) groups is 1. The van der Waals surface area contributed by atoms with Gasteiger partial charge in [0.05, 0.1) is 6.04 Å². The Hall–Kier alpha value is -1.46. The Morgan fingerprint density at radius 2 is 2.20 bits per heavy atom. The lowest BCUT2D eigenvalue weighted by Crippen LogP contribution is -2.40. The zero-order valence-corrected chi connectivity index (χ0v) is 11.7. The first-order chi connectivity index (χ1) is 9.70. The van der Waals surface area contributed by atoms with Gasteiger partial charge in [0.25, 0.3) is 0 Å². The molecular formula is C15H21FN2O2. The van der Waals surface area contributed by atoms with Crippen LogP contribution in [0.3, 0.4) is 0 Å². The van der Waals surface area contributed by atoms with Crippen molar-refractivity contribution in [1.82, 2.24) is 10.6 Å². The minimum Gasteiger partial charge on any atom is -0.385 e. The average molecular weight is 280 g/mol. The second-order valence-corrected chi connectivity index (χ2v) is 5.08. The summed E-state index contributed by atoms with van der Waals surface area (Å²) in [6, 6.07) is 6.36. The van der Waals surface area contributed by atoms with Crippen LogP contribution >= 0.6 is 0 Å². The largest absolute Gasteiger partial charge is 0.385 e. The molecule has 2 N–H and O–H groups in total. The summed E-state index contributed by atoms with van der Waals surface area (Å²) in [6.45, 7) is 2.03. The molecule has 0 spiro atoms. The minimum atomic E-state index is -0.229. The van der Waals surface area contributed by atoms with E-state index in [1.54, 1.807) is 19.2 Å². The molecule has 1 fully saturated rings. The molecule has 2 rings (SSSR count). The molecule has 1 aliphatic heterocycles. The van der Waals surface area contributed by atoms with Gasteiger partial charge >= 0.3 is 0 Å². The van der Waals surface area contributed by atoms with Crippen molar-refractivity contribution in [2.45, 2.75) is 24.8 Å². The molecule has 0 radical (unpaired) electrons. The second-order valence-electron chi connectivity index (χ2n) is 5.08. The van der Waals surface area contributed by atoms with E-state index in [0.717, 1.165) is 24.9 Å². The summed E-state index contributed by atoms with van der Waals surface area (Å²) in [5.41, 5.74) is 1.08. The topological polar surface area (TPSA) is 50.4 Å². The maximum Gasteiger partial charge on any atom is 0.237 e. The zero-order chi connectivity index (χ0) is 14.4. The van der Waals surface area contributed by atoms with Crippen molar-refractivity contribution in [2.24, 2.45) is 0 Å². The summed E-state index contributed by atoms with van der Waals surface area (Å²) in [7, 11) is 1.65. The average Bonchev–Trinajstić information content (AvgIpc) is 2.94. The highest BCUT2D eigenvalue weighted by molar-refractivity contribution is 5.82. The molecule has 1 aliphatic rings. The van der Waals surface area contributed by atoms with Crippen LogP contribution in [0.5, 0.6) is 0 Å². The molecule has 2 atom stereocenters. The predicted octanol–water partition coefficient (Wildman–Crippen LogP) is 1.42. The number of nitrogens with one attached hydrogen (secondary N) is 2. The van der Waals surface area contributed by atoms with Crippen molar-refractivity contribution in [3.05, 3.63) is 35.6 Å². The highest BCUT2D eigenvalue weighted by atomic mass is 19.1. The Kier molecular flexibility index (Phi) is 5.49. The van der Waals surface area contributed by atoms with Crippen molar-refractivity contribution in [1.29, 1.82) is 0 Å². The summed E-state index contributed by atoms with van der Waals surface area (Å²) < 4.78 is 17.8. The van der Waals surface area contributed by atoms with Crippen molar-refractivity contribution in [2.75, 3.05) is 26.8 Å². The molecule has 110 valence electrons. The standard InChI is InChI=1S/C15H21FN2O2/c1-20-8-2-7-17-15(19)14-9-12(10-18-14)11-3-5-13(16)6-4-11/h3-6,12,14,18H,2,7-10H2,1H3,(H,17,19). The molecule has 2 unspecified atom stereocenters. The van der Waals surface area contributed by atoms with Gasteiger partial charge in [0.15, 0.2) is 0 Å². The summed E-state index contributed by atoms with van der Waals surface area (Å²) in [4.78, 5) is 12.0. The minimum absolute atomic E-state index is 0.0331. The molecule has 5 heteroatoms. The Labute approximate surface area is 118 Å². The highest BCUT2D eigenvalue weighted by Crippen LogP contribution is 2.25. The monoisotopic (exact) mass is 280 g/mol. The molecule has 0 saturated carbocycles. The normalized spacial score (nSPS) is 21.9. The van der Waals surface area contributed by atoms with Gasteiger partial charge in [0, 0.05) is 26.8 Å². The fraction of sp³-hybridized carbons (Fsp3) is 0.533. The Morgan fingerprint density at radius 1 is 1.45 bits per heavy atom.